The predicted molar refractivity (Wildman–Crippen MR) is 68.8 cm³/mol. The molecule has 0 spiro atoms. The minimum absolute atomic E-state index is 0.119. The number of nitrogens with zero attached hydrogens (tertiary/aromatic N) is 1. The van der Waals surface area contributed by atoms with Gasteiger partial charge in [0, 0.05) is 18.2 Å². The number of anilines is 1. The number of oxazole rings is 1. The van der Waals surface area contributed by atoms with Crippen LogP contribution in [0.3, 0.4) is 0 Å². The maximum Gasteiger partial charge on any atom is 0.292 e. The first-order chi connectivity index (χ1) is 8.41. The van der Waals surface area contributed by atoms with Crippen molar-refractivity contribution >= 4 is 15.9 Å². The molecular formula is C12H14N2O3S. The van der Waals surface area contributed by atoms with Crippen LogP contribution in [-0.2, 0) is 16.3 Å². The third-order valence-corrected chi connectivity index (χ3v) is 3.72. The van der Waals surface area contributed by atoms with Crippen molar-refractivity contribution in [3.8, 4) is 11.3 Å². The Bertz CT molecular complexity index is 657. The van der Waals surface area contributed by atoms with E-state index in [2.05, 4.69) is 4.98 Å². The topological polar surface area (TPSA) is 86.2 Å². The highest BCUT2D eigenvalue weighted by molar-refractivity contribution is 7.90. The first-order valence-electron chi connectivity index (χ1n) is 5.47. The molecule has 0 aliphatic heterocycles. The van der Waals surface area contributed by atoms with E-state index < -0.39 is 9.84 Å². The van der Waals surface area contributed by atoms with Gasteiger partial charge in [-0.05, 0) is 12.1 Å². The highest BCUT2D eigenvalue weighted by Crippen LogP contribution is 2.26. The van der Waals surface area contributed by atoms with Gasteiger partial charge in [0.2, 0.25) is 0 Å². The third kappa shape index (κ3) is 2.38. The van der Waals surface area contributed by atoms with Crippen LogP contribution in [0.5, 0.6) is 0 Å². The van der Waals surface area contributed by atoms with Crippen molar-refractivity contribution < 1.29 is 12.8 Å². The normalized spacial score (nSPS) is 11.7. The number of hydrogen-bond acceptors (Lipinski definition) is 5. The number of aromatic nitrogens is 1. The zero-order chi connectivity index (χ0) is 13.3. The molecule has 1 heterocycles. The summed E-state index contributed by atoms with van der Waals surface area (Å²) in [5.74, 6) is 0.694. The average molecular weight is 266 g/mol. The first-order valence-corrected chi connectivity index (χ1v) is 7.36. The number of nitrogens with two attached hydrogens (primary N) is 1. The molecule has 2 aromatic rings. The van der Waals surface area contributed by atoms with Crippen molar-refractivity contribution in [1.82, 2.24) is 4.98 Å². The summed E-state index contributed by atoms with van der Waals surface area (Å²) < 4.78 is 28.0. The van der Waals surface area contributed by atoms with Gasteiger partial charge in [-0.2, -0.15) is 4.98 Å². The number of rotatable bonds is 3. The van der Waals surface area contributed by atoms with Gasteiger partial charge in [0.25, 0.3) is 6.01 Å². The summed E-state index contributed by atoms with van der Waals surface area (Å²) in [4.78, 5) is 4.38. The second-order valence-electron chi connectivity index (χ2n) is 3.97. The Morgan fingerprint density at radius 1 is 1.28 bits per heavy atom. The number of hydrogen-bond donors (Lipinski definition) is 1. The smallest absolute Gasteiger partial charge is 0.292 e. The molecule has 96 valence electrons. The lowest BCUT2D eigenvalue weighted by atomic mass is 10.1. The number of sulfone groups is 1. The molecule has 0 aliphatic rings. The number of nitrogen functional groups attached to an aromatic ring is 1. The van der Waals surface area contributed by atoms with Gasteiger partial charge in [-0.1, -0.05) is 19.1 Å². The zero-order valence-electron chi connectivity index (χ0n) is 10.2. The Balaban J connectivity index is 2.46. The highest BCUT2D eigenvalue weighted by atomic mass is 32.2. The van der Waals surface area contributed by atoms with E-state index in [1.54, 1.807) is 24.3 Å². The van der Waals surface area contributed by atoms with E-state index in [1.807, 2.05) is 6.92 Å². The van der Waals surface area contributed by atoms with Crippen LogP contribution in [0.25, 0.3) is 11.3 Å². The van der Waals surface area contributed by atoms with Crippen LogP contribution in [0.2, 0.25) is 0 Å². The Morgan fingerprint density at radius 3 is 2.39 bits per heavy atom. The predicted octanol–water partition coefficient (Wildman–Crippen LogP) is 1.89. The summed E-state index contributed by atoms with van der Waals surface area (Å²) in [7, 11) is -3.18. The molecule has 18 heavy (non-hydrogen) atoms. The molecule has 6 heteroatoms. The average Bonchev–Trinajstić information content (AvgIpc) is 2.69. The largest absolute Gasteiger partial charge is 0.428 e. The van der Waals surface area contributed by atoms with Crippen LogP contribution in [0.1, 0.15) is 12.7 Å². The molecule has 0 fully saturated rings. The van der Waals surface area contributed by atoms with Gasteiger partial charge in [-0.15, -0.1) is 0 Å². The quantitative estimate of drug-likeness (QED) is 0.916. The highest BCUT2D eigenvalue weighted by Gasteiger charge is 2.13. The molecule has 0 aliphatic carbocycles. The molecule has 1 aromatic heterocycles. The summed E-state index contributed by atoms with van der Waals surface area (Å²) in [5, 5.41) is 0. The molecule has 0 atom stereocenters. The van der Waals surface area contributed by atoms with E-state index in [0.717, 1.165) is 5.56 Å². The van der Waals surface area contributed by atoms with Crippen LogP contribution in [0, 0.1) is 0 Å². The first kappa shape index (κ1) is 12.6. The van der Waals surface area contributed by atoms with Crippen LogP contribution in [-0.4, -0.2) is 19.7 Å². The van der Waals surface area contributed by atoms with Crippen molar-refractivity contribution in [2.24, 2.45) is 0 Å². The van der Waals surface area contributed by atoms with Crippen LogP contribution in [0.15, 0.2) is 33.6 Å². The second kappa shape index (κ2) is 4.45. The molecule has 0 unspecified atom stereocenters. The van der Waals surface area contributed by atoms with Gasteiger partial charge in [-0.3, -0.25) is 0 Å². The fraction of sp³-hybridized carbons (Fsp3) is 0.250. The molecule has 2 rings (SSSR count). The van der Waals surface area contributed by atoms with Gasteiger partial charge >= 0.3 is 0 Å². The van der Waals surface area contributed by atoms with E-state index in [-0.39, 0.29) is 10.9 Å². The van der Waals surface area contributed by atoms with E-state index >= 15 is 0 Å². The van der Waals surface area contributed by atoms with Crippen molar-refractivity contribution in [2.45, 2.75) is 18.2 Å². The Labute approximate surface area is 106 Å². The summed E-state index contributed by atoms with van der Waals surface area (Å²) in [6.45, 7) is 1.94. The summed E-state index contributed by atoms with van der Waals surface area (Å²) in [6, 6.07) is 6.62. The minimum atomic E-state index is -3.18. The molecule has 0 saturated carbocycles. The molecule has 0 amide bonds. The van der Waals surface area contributed by atoms with Gasteiger partial charge in [0.15, 0.2) is 9.84 Å². The van der Waals surface area contributed by atoms with E-state index in [1.165, 1.54) is 6.26 Å². The van der Waals surface area contributed by atoms with E-state index in [0.29, 0.717) is 17.9 Å². The zero-order valence-corrected chi connectivity index (χ0v) is 11.0. The van der Waals surface area contributed by atoms with Gasteiger partial charge < -0.3 is 10.2 Å². The van der Waals surface area contributed by atoms with Gasteiger partial charge in [0.05, 0.1) is 4.90 Å². The standard InChI is InChI=1S/C12H14N2O3S/c1-3-10-11(14-12(13)17-10)8-4-6-9(7-5-8)18(2,15)16/h4-7H,3H2,1-2H3,(H2,13,14). The summed E-state index contributed by atoms with van der Waals surface area (Å²) in [6.07, 6.45) is 1.85. The van der Waals surface area contributed by atoms with Crippen molar-refractivity contribution in [1.29, 1.82) is 0 Å². The molecule has 2 N–H and O–H groups in total. The molecule has 1 aromatic carbocycles. The van der Waals surface area contributed by atoms with Crippen LogP contribution < -0.4 is 5.73 Å². The van der Waals surface area contributed by atoms with Gasteiger partial charge in [-0.25, -0.2) is 8.42 Å². The lowest BCUT2D eigenvalue weighted by Crippen LogP contribution is -1.96. The second-order valence-corrected chi connectivity index (χ2v) is 5.99. The lowest BCUT2D eigenvalue weighted by molar-refractivity contribution is 0.530. The Morgan fingerprint density at radius 2 is 1.89 bits per heavy atom. The third-order valence-electron chi connectivity index (χ3n) is 2.59. The van der Waals surface area contributed by atoms with E-state index in [9.17, 15) is 8.42 Å². The van der Waals surface area contributed by atoms with Gasteiger partial charge in [0.1, 0.15) is 11.5 Å². The summed E-state index contributed by atoms with van der Waals surface area (Å²) in [5.41, 5.74) is 6.97. The monoisotopic (exact) mass is 266 g/mol. The van der Waals surface area contributed by atoms with Crippen molar-refractivity contribution in [3.05, 3.63) is 30.0 Å². The maximum absolute atomic E-state index is 11.4. The fourth-order valence-electron chi connectivity index (χ4n) is 1.70. The van der Waals surface area contributed by atoms with Crippen molar-refractivity contribution in [2.75, 3.05) is 12.0 Å². The van der Waals surface area contributed by atoms with Crippen LogP contribution in [0.4, 0.5) is 6.01 Å². The lowest BCUT2D eigenvalue weighted by Gasteiger charge is -2.01. The number of aryl methyl sites for hydroxylation is 1. The number of benzene rings is 1. The summed E-state index contributed by atoms with van der Waals surface area (Å²) >= 11 is 0. The van der Waals surface area contributed by atoms with Crippen LogP contribution >= 0.6 is 0 Å². The minimum Gasteiger partial charge on any atom is -0.428 e. The molecule has 5 nitrogen and oxygen atoms in total. The van der Waals surface area contributed by atoms with E-state index in [4.69, 9.17) is 10.2 Å². The molecule has 0 saturated heterocycles. The Hall–Kier alpha value is -1.82. The maximum atomic E-state index is 11.4. The van der Waals surface area contributed by atoms with Crippen molar-refractivity contribution in [3.63, 3.8) is 0 Å². The molecular weight excluding hydrogens is 252 g/mol. The molecule has 0 radical (unpaired) electrons. The Kier molecular flexibility index (Phi) is 3.13. The molecule has 0 bridgehead atoms. The SMILES string of the molecule is CCc1oc(N)nc1-c1ccc(S(C)(=O)=O)cc1. The fourth-order valence-corrected chi connectivity index (χ4v) is 2.33.